The number of benzene rings is 2. The number of nitrogens with two attached hydrogens (primary N) is 1. The van der Waals surface area contributed by atoms with E-state index in [1.54, 1.807) is 17.8 Å². The van der Waals surface area contributed by atoms with Crippen LogP contribution >= 0.6 is 11.8 Å². The standard InChI is InChI=1S/C20H16FN7S.C2H6/c1-29-14-4-2-3-13(8-14)28-17-6-5-12(21)7-16(17)27-18(28)10-24-20-15(9-22)19(23)25-11-26-20;1-2/h2-8,11H,10H2,1H3,(H3,23,24,25,26);1-2H3. The van der Waals surface area contributed by atoms with Crippen LogP contribution in [0.4, 0.5) is 16.0 Å². The molecule has 9 heteroatoms. The number of nitrogens with zero attached hydrogens (tertiary/aromatic N) is 5. The predicted molar refractivity (Wildman–Crippen MR) is 123 cm³/mol. The Labute approximate surface area is 184 Å². The van der Waals surface area contributed by atoms with Gasteiger partial charge in [-0.25, -0.2) is 19.3 Å². The van der Waals surface area contributed by atoms with Crippen LogP contribution in [0.3, 0.4) is 0 Å². The number of imidazole rings is 1. The largest absolute Gasteiger partial charge is 0.382 e. The summed E-state index contributed by atoms with van der Waals surface area (Å²) >= 11 is 1.63. The Morgan fingerprint density at radius 3 is 2.74 bits per heavy atom. The highest BCUT2D eigenvalue weighted by Crippen LogP contribution is 2.26. The number of nitrogens with one attached hydrogen (secondary N) is 1. The zero-order chi connectivity index (χ0) is 22.4. The molecule has 0 spiro atoms. The Morgan fingerprint density at radius 2 is 2.00 bits per heavy atom. The number of hydrogen-bond donors (Lipinski definition) is 2. The third-order valence-corrected chi connectivity index (χ3v) is 5.13. The molecule has 0 unspecified atom stereocenters. The van der Waals surface area contributed by atoms with Crippen LogP contribution in [-0.2, 0) is 6.54 Å². The first kappa shape index (κ1) is 22.1. The molecule has 158 valence electrons. The van der Waals surface area contributed by atoms with Gasteiger partial charge in [0.05, 0.1) is 17.6 Å². The summed E-state index contributed by atoms with van der Waals surface area (Å²) in [5.41, 5.74) is 8.16. The second-order valence-electron chi connectivity index (χ2n) is 6.15. The van der Waals surface area contributed by atoms with E-state index in [9.17, 15) is 9.65 Å². The summed E-state index contributed by atoms with van der Waals surface area (Å²) in [4.78, 5) is 13.6. The van der Waals surface area contributed by atoms with Crippen molar-refractivity contribution in [1.29, 1.82) is 5.26 Å². The van der Waals surface area contributed by atoms with Gasteiger partial charge in [0.15, 0.2) is 0 Å². The molecule has 0 bridgehead atoms. The van der Waals surface area contributed by atoms with E-state index in [0.29, 0.717) is 17.2 Å². The molecule has 0 aliphatic heterocycles. The summed E-state index contributed by atoms with van der Waals surface area (Å²) in [6.07, 6.45) is 3.30. The summed E-state index contributed by atoms with van der Waals surface area (Å²) in [5, 5.41) is 12.4. The van der Waals surface area contributed by atoms with Gasteiger partial charge in [-0.05, 0) is 36.6 Å². The minimum absolute atomic E-state index is 0.105. The van der Waals surface area contributed by atoms with Gasteiger partial charge in [0.2, 0.25) is 0 Å². The van der Waals surface area contributed by atoms with E-state index in [2.05, 4.69) is 20.3 Å². The highest BCUT2D eigenvalue weighted by Gasteiger charge is 2.15. The number of fused-ring (bicyclic) bond motifs is 1. The molecule has 0 radical (unpaired) electrons. The Kier molecular flexibility index (Phi) is 7.05. The van der Waals surface area contributed by atoms with Crippen molar-refractivity contribution >= 4 is 34.4 Å². The number of thioether (sulfide) groups is 1. The van der Waals surface area contributed by atoms with Gasteiger partial charge in [0.1, 0.15) is 41.2 Å². The smallest absolute Gasteiger partial charge is 0.149 e. The molecule has 31 heavy (non-hydrogen) atoms. The first-order valence-electron chi connectivity index (χ1n) is 9.66. The van der Waals surface area contributed by atoms with E-state index in [0.717, 1.165) is 16.1 Å². The van der Waals surface area contributed by atoms with Gasteiger partial charge in [-0.2, -0.15) is 5.26 Å². The van der Waals surface area contributed by atoms with E-state index in [-0.39, 0.29) is 23.7 Å². The number of anilines is 2. The maximum absolute atomic E-state index is 13.8. The lowest BCUT2D eigenvalue weighted by molar-refractivity contribution is 0.629. The topological polar surface area (TPSA) is 105 Å². The molecule has 7 nitrogen and oxygen atoms in total. The number of hydrogen-bond acceptors (Lipinski definition) is 7. The fourth-order valence-electron chi connectivity index (χ4n) is 3.07. The van der Waals surface area contributed by atoms with Crippen molar-refractivity contribution < 1.29 is 4.39 Å². The van der Waals surface area contributed by atoms with Crippen molar-refractivity contribution in [3.05, 3.63) is 66.0 Å². The first-order valence-corrected chi connectivity index (χ1v) is 10.9. The fourth-order valence-corrected chi connectivity index (χ4v) is 3.52. The number of aromatic nitrogens is 4. The maximum atomic E-state index is 13.8. The lowest BCUT2D eigenvalue weighted by atomic mass is 10.2. The Balaban J connectivity index is 0.00000132. The molecule has 0 saturated carbocycles. The van der Waals surface area contributed by atoms with Crippen LogP contribution < -0.4 is 11.1 Å². The van der Waals surface area contributed by atoms with Crippen LogP contribution in [0.25, 0.3) is 16.7 Å². The molecular weight excluding hydrogens is 413 g/mol. The van der Waals surface area contributed by atoms with Gasteiger partial charge in [-0.15, -0.1) is 11.8 Å². The van der Waals surface area contributed by atoms with Crippen molar-refractivity contribution in [2.75, 3.05) is 17.3 Å². The average Bonchev–Trinajstić information content (AvgIpc) is 3.16. The van der Waals surface area contributed by atoms with Gasteiger partial charge in [0.25, 0.3) is 0 Å². The van der Waals surface area contributed by atoms with Crippen molar-refractivity contribution in [2.45, 2.75) is 25.3 Å². The zero-order valence-electron chi connectivity index (χ0n) is 17.4. The van der Waals surface area contributed by atoms with E-state index < -0.39 is 0 Å². The summed E-state index contributed by atoms with van der Waals surface area (Å²) in [7, 11) is 0. The quantitative estimate of drug-likeness (QED) is 0.435. The second kappa shape index (κ2) is 9.91. The van der Waals surface area contributed by atoms with Crippen LogP contribution in [-0.4, -0.2) is 25.8 Å². The van der Waals surface area contributed by atoms with Crippen LogP contribution in [0.15, 0.2) is 53.7 Å². The maximum Gasteiger partial charge on any atom is 0.149 e. The van der Waals surface area contributed by atoms with Crippen LogP contribution in [0.1, 0.15) is 25.2 Å². The fraction of sp³-hybridized carbons (Fsp3) is 0.182. The lowest BCUT2D eigenvalue weighted by Crippen LogP contribution is -2.11. The van der Waals surface area contributed by atoms with Crippen LogP contribution in [0.5, 0.6) is 0 Å². The van der Waals surface area contributed by atoms with Crippen LogP contribution in [0.2, 0.25) is 0 Å². The minimum Gasteiger partial charge on any atom is -0.382 e. The number of halogens is 1. The van der Waals surface area contributed by atoms with E-state index in [1.807, 2.05) is 55.0 Å². The van der Waals surface area contributed by atoms with Gasteiger partial charge >= 0.3 is 0 Å². The van der Waals surface area contributed by atoms with Gasteiger partial charge in [-0.1, -0.05) is 19.9 Å². The van der Waals surface area contributed by atoms with Gasteiger partial charge in [-0.3, -0.25) is 4.57 Å². The average molecular weight is 436 g/mol. The molecule has 2 aromatic heterocycles. The number of rotatable bonds is 5. The molecule has 0 fully saturated rings. The highest BCUT2D eigenvalue weighted by atomic mass is 32.2. The number of nitrogen functional groups attached to an aromatic ring is 1. The lowest BCUT2D eigenvalue weighted by Gasteiger charge is -2.12. The van der Waals surface area contributed by atoms with Gasteiger partial charge < -0.3 is 11.1 Å². The minimum atomic E-state index is -0.352. The summed E-state index contributed by atoms with van der Waals surface area (Å²) in [6.45, 7) is 4.25. The molecule has 2 aromatic carbocycles. The molecule has 4 rings (SSSR count). The molecule has 0 saturated heterocycles. The Hall–Kier alpha value is -3.64. The second-order valence-corrected chi connectivity index (χ2v) is 7.03. The predicted octanol–water partition coefficient (Wildman–Crippen LogP) is 4.77. The molecule has 3 N–H and O–H groups in total. The van der Waals surface area contributed by atoms with E-state index >= 15 is 0 Å². The van der Waals surface area contributed by atoms with Crippen molar-refractivity contribution in [3.8, 4) is 11.8 Å². The molecule has 0 aliphatic carbocycles. The SMILES string of the molecule is CC.CSc1cccc(-n2c(CNc3ncnc(N)c3C#N)nc3cc(F)ccc32)c1. The molecule has 0 aliphatic rings. The highest BCUT2D eigenvalue weighted by molar-refractivity contribution is 7.98. The molecular formula is C22H22FN7S. The molecule has 2 heterocycles. The van der Waals surface area contributed by atoms with Crippen molar-refractivity contribution in [2.24, 2.45) is 0 Å². The molecule has 0 atom stereocenters. The summed E-state index contributed by atoms with van der Waals surface area (Å²) in [5.74, 6) is 0.718. The third kappa shape index (κ3) is 4.59. The van der Waals surface area contributed by atoms with Crippen molar-refractivity contribution in [3.63, 3.8) is 0 Å². The molecule has 0 amide bonds. The van der Waals surface area contributed by atoms with E-state index in [1.165, 1.54) is 18.5 Å². The Bertz CT molecular complexity index is 1250. The summed E-state index contributed by atoms with van der Waals surface area (Å²) in [6, 6.07) is 14.5. The number of nitriles is 1. The van der Waals surface area contributed by atoms with Crippen LogP contribution in [0, 0.1) is 17.1 Å². The normalized spacial score (nSPS) is 10.3. The van der Waals surface area contributed by atoms with E-state index in [4.69, 9.17) is 5.73 Å². The first-order chi connectivity index (χ1) is 15.1. The summed E-state index contributed by atoms with van der Waals surface area (Å²) < 4.78 is 15.7. The monoisotopic (exact) mass is 435 g/mol. The zero-order valence-corrected chi connectivity index (χ0v) is 18.2. The Morgan fingerprint density at radius 1 is 1.19 bits per heavy atom. The van der Waals surface area contributed by atoms with Gasteiger partial charge in [0, 0.05) is 16.6 Å². The van der Waals surface area contributed by atoms with Crippen molar-refractivity contribution in [1.82, 2.24) is 19.5 Å². The molecule has 4 aromatic rings. The third-order valence-electron chi connectivity index (χ3n) is 4.40.